The average Bonchev–Trinajstić information content (AvgIpc) is 3.21. The fourth-order valence-electron chi connectivity index (χ4n) is 3.59. The molecule has 0 aliphatic carbocycles. The number of carbonyl (C=O) groups excluding carboxylic acids is 1. The van der Waals surface area contributed by atoms with Crippen molar-refractivity contribution < 1.29 is 9.21 Å². The molecule has 3 heterocycles. The quantitative estimate of drug-likeness (QED) is 0.775. The number of hydrogen-bond acceptors (Lipinski definition) is 4. The minimum Gasteiger partial charge on any atom is -0.459 e. The van der Waals surface area contributed by atoms with Gasteiger partial charge in [-0.25, -0.2) is 0 Å². The van der Waals surface area contributed by atoms with Crippen LogP contribution in [0.4, 0.5) is 0 Å². The molecule has 1 N–H and O–H groups in total. The van der Waals surface area contributed by atoms with Gasteiger partial charge in [0.15, 0.2) is 5.76 Å². The molecule has 0 radical (unpaired) electrons. The normalized spacial score (nSPS) is 15.4. The van der Waals surface area contributed by atoms with Crippen LogP contribution in [0.3, 0.4) is 0 Å². The van der Waals surface area contributed by atoms with Crippen molar-refractivity contribution in [1.82, 2.24) is 14.8 Å². The van der Waals surface area contributed by atoms with Gasteiger partial charge >= 0.3 is 0 Å². The van der Waals surface area contributed by atoms with Crippen LogP contribution >= 0.6 is 0 Å². The van der Waals surface area contributed by atoms with E-state index in [-0.39, 0.29) is 11.5 Å². The van der Waals surface area contributed by atoms with Gasteiger partial charge < -0.3 is 14.3 Å². The Kier molecular flexibility index (Phi) is 4.58. The van der Waals surface area contributed by atoms with Crippen LogP contribution in [-0.2, 0) is 6.54 Å². The fourth-order valence-corrected chi connectivity index (χ4v) is 3.59. The van der Waals surface area contributed by atoms with Gasteiger partial charge in [-0.1, -0.05) is 12.1 Å². The Hall–Kier alpha value is -2.86. The van der Waals surface area contributed by atoms with Crippen LogP contribution in [0.1, 0.15) is 27.2 Å². The zero-order valence-corrected chi connectivity index (χ0v) is 15.6. The van der Waals surface area contributed by atoms with Crippen molar-refractivity contribution in [3.8, 4) is 0 Å². The van der Waals surface area contributed by atoms with Crippen molar-refractivity contribution in [2.75, 3.05) is 26.2 Å². The lowest BCUT2D eigenvalue weighted by atomic mass is 10.0. The first-order chi connectivity index (χ1) is 13.0. The molecule has 6 nitrogen and oxygen atoms in total. The number of amides is 1. The Morgan fingerprint density at radius 1 is 1.15 bits per heavy atom. The number of hydrogen-bond donors (Lipinski definition) is 1. The highest BCUT2D eigenvalue weighted by molar-refractivity contribution is 5.91. The molecule has 140 valence electrons. The zero-order valence-electron chi connectivity index (χ0n) is 15.6. The third kappa shape index (κ3) is 3.40. The second-order valence-corrected chi connectivity index (χ2v) is 7.14. The standard InChI is InChI=1S/C21H23N3O3/c1-14-5-6-16-12-17(20(25)22-19(16)15(14)2)13-23-7-9-24(10-8-23)21(26)18-4-3-11-27-18/h3-6,11-12H,7-10,13H2,1-2H3,(H,22,25). The number of aromatic amines is 1. The van der Waals surface area contributed by atoms with Gasteiger partial charge in [-0.3, -0.25) is 14.5 Å². The van der Waals surface area contributed by atoms with E-state index in [4.69, 9.17) is 4.42 Å². The molecule has 1 fully saturated rings. The van der Waals surface area contributed by atoms with E-state index < -0.39 is 0 Å². The Balaban J connectivity index is 1.46. The Bertz CT molecular complexity index is 1030. The summed E-state index contributed by atoms with van der Waals surface area (Å²) >= 11 is 0. The monoisotopic (exact) mass is 365 g/mol. The third-order valence-electron chi connectivity index (χ3n) is 5.41. The third-order valence-corrected chi connectivity index (χ3v) is 5.41. The first kappa shape index (κ1) is 17.5. The summed E-state index contributed by atoms with van der Waals surface area (Å²) in [5.74, 6) is 0.300. The molecule has 3 aromatic rings. The van der Waals surface area contributed by atoms with Gasteiger partial charge in [0.05, 0.1) is 11.8 Å². The molecular formula is C21H23N3O3. The molecule has 0 saturated carbocycles. The molecule has 1 amide bonds. The predicted octanol–water partition coefficient (Wildman–Crippen LogP) is 2.70. The van der Waals surface area contributed by atoms with Crippen molar-refractivity contribution in [2.45, 2.75) is 20.4 Å². The zero-order chi connectivity index (χ0) is 19.0. The van der Waals surface area contributed by atoms with Gasteiger partial charge in [0.2, 0.25) is 0 Å². The van der Waals surface area contributed by atoms with E-state index in [2.05, 4.69) is 22.0 Å². The van der Waals surface area contributed by atoms with Crippen molar-refractivity contribution >= 4 is 16.8 Å². The summed E-state index contributed by atoms with van der Waals surface area (Å²) in [5, 5.41) is 1.05. The lowest BCUT2D eigenvalue weighted by molar-refractivity contribution is 0.0597. The Morgan fingerprint density at radius 2 is 1.93 bits per heavy atom. The van der Waals surface area contributed by atoms with Crippen LogP contribution in [0.2, 0.25) is 0 Å². The molecule has 4 rings (SSSR count). The molecule has 0 unspecified atom stereocenters. The minimum absolute atomic E-state index is 0.0368. The highest BCUT2D eigenvalue weighted by Crippen LogP contribution is 2.19. The number of nitrogens with zero attached hydrogens (tertiary/aromatic N) is 2. The van der Waals surface area contributed by atoms with Crippen molar-refractivity contribution in [3.05, 3.63) is 69.4 Å². The summed E-state index contributed by atoms with van der Waals surface area (Å²) in [6.45, 7) is 7.38. The number of furan rings is 1. The molecule has 6 heteroatoms. The van der Waals surface area contributed by atoms with Gasteiger partial charge in [0, 0.05) is 38.3 Å². The number of aromatic nitrogens is 1. The van der Waals surface area contributed by atoms with E-state index in [1.54, 1.807) is 17.0 Å². The van der Waals surface area contributed by atoms with Crippen molar-refractivity contribution in [3.63, 3.8) is 0 Å². The minimum atomic E-state index is -0.0750. The number of pyridine rings is 1. The summed E-state index contributed by atoms with van der Waals surface area (Å²) in [6.07, 6.45) is 1.51. The smallest absolute Gasteiger partial charge is 0.289 e. The van der Waals surface area contributed by atoms with Crippen molar-refractivity contribution in [2.24, 2.45) is 0 Å². The average molecular weight is 365 g/mol. The maximum absolute atomic E-state index is 12.5. The van der Waals surface area contributed by atoms with Crippen LogP contribution in [0.5, 0.6) is 0 Å². The predicted molar refractivity (Wildman–Crippen MR) is 104 cm³/mol. The lowest BCUT2D eigenvalue weighted by Crippen LogP contribution is -2.48. The van der Waals surface area contributed by atoms with Gasteiger partial charge in [-0.2, -0.15) is 0 Å². The highest BCUT2D eigenvalue weighted by Gasteiger charge is 2.24. The van der Waals surface area contributed by atoms with E-state index in [1.165, 1.54) is 11.8 Å². The van der Waals surface area contributed by atoms with Gasteiger partial charge in [-0.15, -0.1) is 0 Å². The molecule has 0 bridgehead atoms. The van der Waals surface area contributed by atoms with E-state index in [1.807, 2.05) is 19.9 Å². The molecule has 1 aliphatic rings. The SMILES string of the molecule is Cc1ccc2cc(CN3CCN(C(=O)c4ccco4)CC3)c(=O)[nH]c2c1C. The number of benzene rings is 1. The topological polar surface area (TPSA) is 69.5 Å². The summed E-state index contributed by atoms with van der Waals surface area (Å²) in [7, 11) is 0. The molecule has 27 heavy (non-hydrogen) atoms. The number of H-pyrrole nitrogens is 1. The maximum Gasteiger partial charge on any atom is 0.289 e. The summed E-state index contributed by atoms with van der Waals surface area (Å²) in [5.41, 5.74) is 3.92. The van der Waals surface area contributed by atoms with Crippen LogP contribution in [-0.4, -0.2) is 46.9 Å². The fraction of sp³-hybridized carbons (Fsp3) is 0.333. The van der Waals surface area contributed by atoms with Crippen molar-refractivity contribution in [1.29, 1.82) is 0 Å². The second kappa shape index (κ2) is 7.04. The Labute approximate surface area is 157 Å². The summed E-state index contributed by atoms with van der Waals surface area (Å²) in [4.78, 5) is 31.9. The number of fused-ring (bicyclic) bond motifs is 1. The number of carbonyl (C=O) groups is 1. The number of aryl methyl sites for hydroxylation is 2. The number of piperazine rings is 1. The number of rotatable bonds is 3. The maximum atomic E-state index is 12.5. The van der Waals surface area contributed by atoms with Crippen LogP contribution in [0.25, 0.3) is 10.9 Å². The largest absolute Gasteiger partial charge is 0.459 e. The van der Waals surface area contributed by atoms with E-state index >= 15 is 0 Å². The van der Waals surface area contributed by atoms with Crippen LogP contribution in [0.15, 0.2) is 45.8 Å². The molecule has 1 saturated heterocycles. The van der Waals surface area contributed by atoms with Crippen LogP contribution in [0, 0.1) is 13.8 Å². The molecule has 0 spiro atoms. The highest BCUT2D eigenvalue weighted by atomic mass is 16.3. The van der Waals surface area contributed by atoms with Gasteiger partial charge in [-0.05, 0) is 48.6 Å². The molecule has 0 atom stereocenters. The second-order valence-electron chi connectivity index (χ2n) is 7.14. The molecule has 1 aromatic carbocycles. The van der Waals surface area contributed by atoms with E-state index in [9.17, 15) is 9.59 Å². The molecule has 2 aromatic heterocycles. The van der Waals surface area contributed by atoms with Gasteiger partial charge in [0.1, 0.15) is 0 Å². The van der Waals surface area contributed by atoms with E-state index in [0.717, 1.165) is 35.1 Å². The first-order valence-electron chi connectivity index (χ1n) is 9.20. The summed E-state index contributed by atoms with van der Waals surface area (Å²) in [6, 6.07) is 9.53. The molecular weight excluding hydrogens is 342 g/mol. The van der Waals surface area contributed by atoms with Crippen LogP contribution < -0.4 is 5.56 Å². The number of nitrogens with one attached hydrogen (secondary N) is 1. The van der Waals surface area contributed by atoms with E-state index in [0.29, 0.717) is 25.4 Å². The first-order valence-corrected chi connectivity index (χ1v) is 9.20. The summed E-state index contributed by atoms with van der Waals surface area (Å²) < 4.78 is 5.20. The molecule has 1 aliphatic heterocycles. The van der Waals surface area contributed by atoms with Gasteiger partial charge in [0.25, 0.3) is 11.5 Å². The lowest BCUT2D eigenvalue weighted by Gasteiger charge is -2.34. The Morgan fingerprint density at radius 3 is 2.63 bits per heavy atom.